The number of carbonyl (C=O) groups excluding carboxylic acids is 1. The molecule has 2 heterocycles. The molecule has 0 fully saturated rings. The van der Waals surface area contributed by atoms with Crippen LogP contribution >= 0.6 is 0 Å². The maximum absolute atomic E-state index is 12.5. The number of hydrogen-bond donors (Lipinski definition) is 1. The normalized spacial score (nSPS) is 11.7. The molecule has 0 aliphatic rings. The Morgan fingerprint density at radius 3 is 2.35 bits per heavy atom. The predicted molar refractivity (Wildman–Crippen MR) is 85.4 cm³/mol. The number of benzene rings is 1. The van der Waals surface area contributed by atoms with E-state index in [2.05, 4.69) is 10.3 Å². The topological polar surface area (TPSA) is 68.9 Å². The van der Waals surface area contributed by atoms with Gasteiger partial charge in [-0.05, 0) is 17.7 Å². The van der Waals surface area contributed by atoms with Gasteiger partial charge in [0.1, 0.15) is 0 Å². The van der Waals surface area contributed by atoms with Crippen LogP contribution in [-0.2, 0) is 0 Å². The minimum atomic E-state index is -0.357. The third-order valence-electron chi connectivity index (χ3n) is 3.46. The molecule has 5 heteroatoms. The van der Waals surface area contributed by atoms with Gasteiger partial charge in [-0.2, -0.15) is 4.73 Å². The Morgan fingerprint density at radius 2 is 1.70 bits per heavy atom. The summed E-state index contributed by atoms with van der Waals surface area (Å²) >= 11 is 0. The van der Waals surface area contributed by atoms with Crippen molar-refractivity contribution in [2.75, 3.05) is 0 Å². The monoisotopic (exact) mass is 305 g/mol. The van der Waals surface area contributed by atoms with E-state index in [9.17, 15) is 10.0 Å². The third kappa shape index (κ3) is 3.52. The highest BCUT2D eigenvalue weighted by molar-refractivity contribution is 5.94. The first-order valence-electron chi connectivity index (χ1n) is 7.19. The minimum absolute atomic E-state index is 0.259. The maximum atomic E-state index is 12.5. The standard InChI is InChI=1S/C18H15N3O2/c22-18(15-9-12-21(23)13-10-15)20-17(14-6-2-1-3-7-14)16-8-4-5-11-19-16/h1-13,17H,(H,20,22)/t17-/m1/s1. The fraction of sp³-hybridized carbons (Fsp3) is 0.0556. The van der Waals surface area contributed by atoms with Gasteiger partial charge in [-0.3, -0.25) is 9.78 Å². The molecule has 0 bridgehead atoms. The van der Waals surface area contributed by atoms with Crippen LogP contribution in [0.1, 0.15) is 27.7 Å². The predicted octanol–water partition coefficient (Wildman–Crippen LogP) is 2.23. The molecule has 0 unspecified atom stereocenters. The number of aromatic nitrogens is 2. The van der Waals surface area contributed by atoms with E-state index in [0.717, 1.165) is 11.3 Å². The summed E-state index contributed by atoms with van der Waals surface area (Å²) in [6, 6.07) is 17.8. The second-order valence-electron chi connectivity index (χ2n) is 5.02. The third-order valence-corrected chi connectivity index (χ3v) is 3.46. The summed E-state index contributed by atoms with van der Waals surface area (Å²) in [7, 11) is 0. The molecule has 0 radical (unpaired) electrons. The molecule has 114 valence electrons. The molecule has 0 aliphatic heterocycles. The first kappa shape index (κ1) is 14.7. The summed E-state index contributed by atoms with van der Waals surface area (Å²) in [6.07, 6.45) is 4.29. The summed E-state index contributed by atoms with van der Waals surface area (Å²) in [4.78, 5) is 16.8. The van der Waals surface area contributed by atoms with Gasteiger partial charge in [0.25, 0.3) is 5.91 Å². The van der Waals surface area contributed by atoms with Crippen molar-refractivity contribution in [2.24, 2.45) is 0 Å². The zero-order valence-corrected chi connectivity index (χ0v) is 12.3. The molecule has 0 saturated heterocycles. The summed E-state index contributed by atoms with van der Waals surface area (Å²) in [5.74, 6) is -0.259. The number of rotatable bonds is 4. The van der Waals surface area contributed by atoms with E-state index in [4.69, 9.17) is 0 Å². The van der Waals surface area contributed by atoms with Crippen molar-refractivity contribution in [1.82, 2.24) is 10.3 Å². The molecule has 1 amide bonds. The van der Waals surface area contributed by atoms with Crippen LogP contribution in [0.2, 0.25) is 0 Å². The van der Waals surface area contributed by atoms with Gasteiger partial charge in [0.15, 0.2) is 12.4 Å². The van der Waals surface area contributed by atoms with Crippen molar-refractivity contribution in [3.05, 3.63) is 101 Å². The lowest BCUT2D eigenvalue weighted by Crippen LogP contribution is -2.31. The van der Waals surface area contributed by atoms with E-state index in [1.54, 1.807) is 6.20 Å². The van der Waals surface area contributed by atoms with Gasteiger partial charge < -0.3 is 10.5 Å². The molecule has 1 aromatic carbocycles. The summed E-state index contributed by atoms with van der Waals surface area (Å²) in [5.41, 5.74) is 2.12. The van der Waals surface area contributed by atoms with Crippen LogP contribution < -0.4 is 10.0 Å². The average Bonchev–Trinajstić information content (AvgIpc) is 2.61. The zero-order chi connectivity index (χ0) is 16.1. The number of nitrogens with one attached hydrogen (secondary N) is 1. The van der Waals surface area contributed by atoms with Crippen molar-refractivity contribution in [3.8, 4) is 0 Å². The van der Waals surface area contributed by atoms with Crippen LogP contribution in [0.5, 0.6) is 0 Å². The first-order valence-corrected chi connectivity index (χ1v) is 7.19. The lowest BCUT2D eigenvalue weighted by atomic mass is 10.0. The minimum Gasteiger partial charge on any atom is -0.619 e. The summed E-state index contributed by atoms with van der Waals surface area (Å²) in [5, 5.41) is 14.1. The highest BCUT2D eigenvalue weighted by Gasteiger charge is 2.19. The smallest absolute Gasteiger partial charge is 0.252 e. The lowest BCUT2D eigenvalue weighted by molar-refractivity contribution is -0.605. The maximum Gasteiger partial charge on any atom is 0.252 e. The molecular weight excluding hydrogens is 290 g/mol. The van der Waals surface area contributed by atoms with Crippen LogP contribution in [0, 0.1) is 5.21 Å². The van der Waals surface area contributed by atoms with E-state index >= 15 is 0 Å². The van der Waals surface area contributed by atoms with Gasteiger partial charge in [0.2, 0.25) is 0 Å². The summed E-state index contributed by atoms with van der Waals surface area (Å²) < 4.78 is 0.643. The SMILES string of the molecule is O=C(N[C@H](c1ccccc1)c1ccccn1)c1cc[n+]([O-])cc1. The van der Waals surface area contributed by atoms with Crippen molar-refractivity contribution in [2.45, 2.75) is 6.04 Å². The average molecular weight is 305 g/mol. The zero-order valence-electron chi connectivity index (χ0n) is 12.3. The van der Waals surface area contributed by atoms with Gasteiger partial charge in [-0.15, -0.1) is 0 Å². The highest BCUT2D eigenvalue weighted by atomic mass is 16.5. The molecule has 3 aromatic rings. The fourth-order valence-electron chi connectivity index (χ4n) is 2.30. The van der Waals surface area contributed by atoms with E-state index in [0.29, 0.717) is 10.3 Å². The van der Waals surface area contributed by atoms with Gasteiger partial charge in [0.05, 0.1) is 17.3 Å². The second-order valence-corrected chi connectivity index (χ2v) is 5.02. The molecule has 3 rings (SSSR count). The first-order chi connectivity index (χ1) is 11.2. The Morgan fingerprint density at radius 1 is 1.00 bits per heavy atom. The van der Waals surface area contributed by atoms with E-state index in [1.807, 2.05) is 48.5 Å². The number of pyridine rings is 2. The Bertz CT molecular complexity index is 735. The number of hydrogen-bond acceptors (Lipinski definition) is 3. The molecule has 5 nitrogen and oxygen atoms in total. The van der Waals surface area contributed by atoms with Crippen LogP contribution in [0.4, 0.5) is 0 Å². The largest absolute Gasteiger partial charge is 0.619 e. The van der Waals surface area contributed by atoms with Gasteiger partial charge >= 0.3 is 0 Å². The van der Waals surface area contributed by atoms with Crippen molar-refractivity contribution in [1.29, 1.82) is 0 Å². The van der Waals surface area contributed by atoms with Gasteiger partial charge in [-0.1, -0.05) is 36.4 Å². The number of nitrogens with zero attached hydrogens (tertiary/aromatic N) is 2. The van der Waals surface area contributed by atoms with Crippen LogP contribution in [0.15, 0.2) is 79.3 Å². The molecule has 23 heavy (non-hydrogen) atoms. The van der Waals surface area contributed by atoms with E-state index in [1.165, 1.54) is 24.5 Å². The van der Waals surface area contributed by atoms with Crippen LogP contribution in [0.3, 0.4) is 0 Å². The quantitative estimate of drug-likeness (QED) is 0.593. The molecule has 0 spiro atoms. The summed E-state index contributed by atoms with van der Waals surface area (Å²) in [6.45, 7) is 0. The molecular formula is C18H15N3O2. The Kier molecular flexibility index (Phi) is 4.29. The van der Waals surface area contributed by atoms with Crippen molar-refractivity contribution < 1.29 is 9.52 Å². The fourth-order valence-corrected chi connectivity index (χ4v) is 2.30. The molecule has 2 aromatic heterocycles. The van der Waals surface area contributed by atoms with Crippen molar-refractivity contribution >= 4 is 5.91 Å². The van der Waals surface area contributed by atoms with Gasteiger partial charge in [-0.25, -0.2) is 0 Å². The molecule has 0 aliphatic carbocycles. The highest BCUT2D eigenvalue weighted by Crippen LogP contribution is 2.20. The Balaban J connectivity index is 1.90. The molecule has 1 atom stereocenters. The molecule has 1 N–H and O–H groups in total. The van der Waals surface area contributed by atoms with E-state index < -0.39 is 0 Å². The lowest BCUT2D eigenvalue weighted by Gasteiger charge is -2.18. The number of carbonyl (C=O) groups is 1. The van der Waals surface area contributed by atoms with Crippen molar-refractivity contribution in [3.63, 3.8) is 0 Å². The second kappa shape index (κ2) is 6.70. The molecule has 0 saturated carbocycles. The van der Waals surface area contributed by atoms with Crippen LogP contribution in [0.25, 0.3) is 0 Å². The van der Waals surface area contributed by atoms with Crippen LogP contribution in [-0.4, -0.2) is 10.9 Å². The Hall–Kier alpha value is -3.21. The van der Waals surface area contributed by atoms with E-state index in [-0.39, 0.29) is 11.9 Å². The Labute approximate surface area is 133 Å². The van der Waals surface area contributed by atoms with Gasteiger partial charge in [0, 0.05) is 18.3 Å². The number of amides is 1.